The van der Waals surface area contributed by atoms with Crippen LogP contribution >= 0.6 is 0 Å². The van der Waals surface area contributed by atoms with Crippen molar-refractivity contribution in [3.63, 3.8) is 0 Å². The number of ether oxygens (including phenoxy) is 1. The summed E-state index contributed by atoms with van der Waals surface area (Å²) in [7, 11) is 0. The van der Waals surface area contributed by atoms with E-state index in [2.05, 4.69) is 9.58 Å². The molecule has 5 heteroatoms. The molecule has 0 amide bonds. The second-order valence-corrected chi connectivity index (χ2v) is 2.58. The third kappa shape index (κ3) is 2.39. The zero-order valence-corrected chi connectivity index (χ0v) is 7.22. The number of hydrogen-bond donors (Lipinski definition) is 0. The van der Waals surface area contributed by atoms with Crippen molar-refractivity contribution in [1.82, 2.24) is 0 Å². The Labute approximate surface area is 78.7 Å². The number of hydrogen-bond acceptors (Lipinski definition) is 1. The SMILES string of the molecule is [C-]#[N+]c1c(C)cccc1OC(F)(F)F. The summed E-state index contributed by atoms with van der Waals surface area (Å²) in [5.41, 5.74) is 0.353. The Balaban J connectivity index is 3.10. The Hall–Kier alpha value is -1.70. The number of alkyl halides is 3. The second kappa shape index (κ2) is 3.58. The van der Waals surface area contributed by atoms with E-state index in [9.17, 15) is 13.2 Å². The molecule has 1 rings (SSSR count). The van der Waals surface area contributed by atoms with Crippen LogP contribution in [0.2, 0.25) is 0 Å². The summed E-state index contributed by atoms with van der Waals surface area (Å²) >= 11 is 0. The molecule has 0 aliphatic carbocycles. The zero-order valence-electron chi connectivity index (χ0n) is 7.22. The molecule has 0 spiro atoms. The first-order valence-corrected chi connectivity index (χ1v) is 3.67. The highest BCUT2D eigenvalue weighted by molar-refractivity contribution is 5.62. The summed E-state index contributed by atoms with van der Waals surface area (Å²) in [5.74, 6) is -0.451. The summed E-state index contributed by atoms with van der Waals surface area (Å²) in [6.07, 6.45) is -4.76. The molecular formula is C9H6F3NO. The lowest BCUT2D eigenvalue weighted by Crippen LogP contribution is -2.17. The fourth-order valence-electron chi connectivity index (χ4n) is 0.982. The van der Waals surface area contributed by atoms with Crippen LogP contribution in [0, 0.1) is 13.5 Å². The normalized spacial score (nSPS) is 10.8. The topological polar surface area (TPSA) is 13.6 Å². The molecule has 0 N–H and O–H groups in total. The lowest BCUT2D eigenvalue weighted by molar-refractivity contribution is -0.274. The molecule has 0 heterocycles. The second-order valence-electron chi connectivity index (χ2n) is 2.58. The molecule has 0 bridgehead atoms. The molecule has 0 aliphatic rings. The van der Waals surface area contributed by atoms with Gasteiger partial charge in [0, 0.05) is 0 Å². The number of benzene rings is 1. The largest absolute Gasteiger partial charge is 0.571 e. The molecule has 0 aliphatic heterocycles. The van der Waals surface area contributed by atoms with Crippen molar-refractivity contribution in [2.24, 2.45) is 0 Å². The summed E-state index contributed by atoms with van der Waals surface area (Å²) in [6.45, 7) is 8.26. The van der Waals surface area contributed by atoms with Gasteiger partial charge in [0.2, 0.25) is 5.69 Å². The Bertz CT molecular complexity index is 379. The summed E-state index contributed by atoms with van der Waals surface area (Å²) < 4.78 is 39.3. The van der Waals surface area contributed by atoms with E-state index in [4.69, 9.17) is 6.57 Å². The first kappa shape index (κ1) is 10.4. The molecule has 74 valence electrons. The summed E-state index contributed by atoms with van der Waals surface area (Å²) in [6, 6.07) is 4.08. The van der Waals surface area contributed by atoms with Gasteiger partial charge < -0.3 is 4.74 Å². The van der Waals surface area contributed by atoms with Crippen LogP contribution in [0.25, 0.3) is 4.85 Å². The van der Waals surface area contributed by atoms with Gasteiger partial charge in [0.15, 0.2) is 0 Å². The van der Waals surface area contributed by atoms with Gasteiger partial charge in [-0.05, 0) is 18.6 Å². The van der Waals surface area contributed by atoms with Crippen LogP contribution in [-0.2, 0) is 0 Å². The summed E-state index contributed by atoms with van der Waals surface area (Å²) in [5, 5.41) is 0. The monoisotopic (exact) mass is 201 g/mol. The van der Waals surface area contributed by atoms with Crippen LogP contribution in [-0.4, -0.2) is 6.36 Å². The maximum absolute atomic E-state index is 11.9. The molecule has 0 atom stereocenters. The van der Waals surface area contributed by atoms with Gasteiger partial charge in [-0.25, -0.2) is 4.85 Å². The molecule has 2 nitrogen and oxygen atoms in total. The molecule has 0 saturated heterocycles. The predicted molar refractivity (Wildman–Crippen MR) is 44.1 cm³/mol. The molecule has 1 aromatic carbocycles. The predicted octanol–water partition coefficient (Wildman–Crippen LogP) is 3.44. The van der Waals surface area contributed by atoms with Gasteiger partial charge in [0.1, 0.15) is 5.75 Å². The van der Waals surface area contributed by atoms with E-state index in [1.807, 2.05) is 0 Å². The van der Waals surface area contributed by atoms with Crippen LogP contribution in [0.4, 0.5) is 18.9 Å². The highest BCUT2D eigenvalue weighted by Gasteiger charge is 2.32. The van der Waals surface area contributed by atoms with Gasteiger partial charge >= 0.3 is 6.36 Å². The van der Waals surface area contributed by atoms with Crippen molar-refractivity contribution in [2.45, 2.75) is 13.3 Å². The minimum absolute atomic E-state index is 0.107. The molecule has 1 aromatic rings. The van der Waals surface area contributed by atoms with E-state index in [0.29, 0.717) is 5.56 Å². The lowest BCUT2D eigenvalue weighted by Gasteiger charge is -2.11. The van der Waals surface area contributed by atoms with Gasteiger partial charge in [-0.3, -0.25) is 0 Å². The van der Waals surface area contributed by atoms with Crippen molar-refractivity contribution in [1.29, 1.82) is 0 Å². The van der Waals surface area contributed by atoms with Gasteiger partial charge in [-0.1, -0.05) is 12.1 Å². The van der Waals surface area contributed by atoms with E-state index < -0.39 is 12.1 Å². The quantitative estimate of drug-likeness (QED) is 0.634. The Morgan fingerprint density at radius 2 is 2.00 bits per heavy atom. The van der Waals surface area contributed by atoms with Crippen molar-refractivity contribution in [3.05, 3.63) is 35.2 Å². The third-order valence-electron chi connectivity index (χ3n) is 1.54. The molecule has 0 radical (unpaired) electrons. The average molecular weight is 201 g/mol. The van der Waals surface area contributed by atoms with E-state index in [0.717, 1.165) is 6.07 Å². The van der Waals surface area contributed by atoms with Gasteiger partial charge in [-0.2, -0.15) is 0 Å². The number of aryl methyl sites for hydroxylation is 1. The molecular weight excluding hydrogens is 195 g/mol. The molecule has 14 heavy (non-hydrogen) atoms. The van der Waals surface area contributed by atoms with Gasteiger partial charge in [-0.15, -0.1) is 13.2 Å². The van der Waals surface area contributed by atoms with E-state index in [-0.39, 0.29) is 5.69 Å². The Kier molecular flexibility index (Phi) is 2.65. The lowest BCUT2D eigenvalue weighted by atomic mass is 10.2. The number of nitrogens with zero attached hydrogens (tertiary/aromatic N) is 1. The Morgan fingerprint density at radius 1 is 1.36 bits per heavy atom. The number of para-hydroxylation sites is 1. The van der Waals surface area contributed by atoms with Crippen LogP contribution in [0.5, 0.6) is 5.75 Å². The van der Waals surface area contributed by atoms with E-state index in [1.165, 1.54) is 6.07 Å². The van der Waals surface area contributed by atoms with E-state index in [1.54, 1.807) is 13.0 Å². The fraction of sp³-hybridized carbons (Fsp3) is 0.222. The van der Waals surface area contributed by atoms with Gasteiger partial charge in [0.05, 0.1) is 6.57 Å². The van der Waals surface area contributed by atoms with Crippen molar-refractivity contribution >= 4 is 5.69 Å². The highest BCUT2D eigenvalue weighted by atomic mass is 19.4. The first-order chi connectivity index (χ1) is 6.44. The summed E-state index contributed by atoms with van der Waals surface area (Å²) in [4.78, 5) is 2.98. The third-order valence-corrected chi connectivity index (χ3v) is 1.54. The minimum Gasteiger partial charge on any atom is -0.418 e. The van der Waals surface area contributed by atoms with E-state index >= 15 is 0 Å². The molecule has 0 unspecified atom stereocenters. The van der Waals surface area contributed by atoms with Crippen LogP contribution in [0.3, 0.4) is 0 Å². The van der Waals surface area contributed by atoms with Crippen LogP contribution in [0.1, 0.15) is 5.56 Å². The van der Waals surface area contributed by atoms with Crippen LogP contribution < -0.4 is 4.74 Å². The van der Waals surface area contributed by atoms with Crippen molar-refractivity contribution in [2.75, 3.05) is 0 Å². The minimum atomic E-state index is -4.76. The standard InChI is InChI=1S/C9H6F3NO/c1-6-4-3-5-7(8(6)13-2)14-9(10,11)12/h3-5H,1H3. The molecule has 0 fully saturated rings. The first-order valence-electron chi connectivity index (χ1n) is 3.67. The maximum atomic E-state index is 11.9. The highest BCUT2D eigenvalue weighted by Crippen LogP contribution is 2.34. The molecule has 0 aromatic heterocycles. The number of halogens is 3. The fourth-order valence-corrected chi connectivity index (χ4v) is 0.982. The number of rotatable bonds is 1. The molecule has 0 saturated carbocycles. The van der Waals surface area contributed by atoms with Gasteiger partial charge in [0.25, 0.3) is 0 Å². The zero-order chi connectivity index (χ0) is 10.8. The van der Waals surface area contributed by atoms with Crippen molar-refractivity contribution < 1.29 is 17.9 Å². The Morgan fingerprint density at radius 3 is 2.50 bits per heavy atom. The smallest absolute Gasteiger partial charge is 0.418 e. The average Bonchev–Trinajstić information content (AvgIpc) is 2.01. The van der Waals surface area contributed by atoms with Crippen molar-refractivity contribution in [3.8, 4) is 5.75 Å². The maximum Gasteiger partial charge on any atom is 0.571 e. The van der Waals surface area contributed by atoms with Crippen LogP contribution in [0.15, 0.2) is 18.2 Å².